The Morgan fingerprint density at radius 3 is 2.48 bits per heavy atom. The predicted molar refractivity (Wildman–Crippen MR) is 113 cm³/mol. The van der Waals surface area contributed by atoms with E-state index < -0.39 is 35.8 Å². The highest BCUT2D eigenvalue weighted by atomic mass is 35.5. The predicted octanol–water partition coefficient (Wildman–Crippen LogP) is 1.74. The van der Waals surface area contributed by atoms with Crippen molar-refractivity contribution >= 4 is 11.6 Å². The third kappa shape index (κ3) is 3.64. The Morgan fingerprint density at radius 1 is 1.13 bits per heavy atom. The summed E-state index contributed by atoms with van der Waals surface area (Å²) in [6.45, 7) is 3.78. The molecule has 2 aliphatic rings. The van der Waals surface area contributed by atoms with Gasteiger partial charge in [0.2, 0.25) is 5.79 Å². The number of hydrogen-bond acceptors (Lipinski definition) is 7. The van der Waals surface area contributed by atoms with Crippen LogP contribution in [0.5, 0.6) is 5.75 Å². The second kappa shape index (κ2) is 8.33. The molecular weight excluding hydrogens is 424 g/mol. The Labute approximate surface area is 185 Å². The van der Waals surface area contributed by atoms with E-state index in [1.165, 1.54) is 6.92 Å². The van der Waals surface area contributed by atoms with Gasteiger partial charge in [0, 0.05) is 10.6 Å². The molecule has 2 aromatic carbocycles. The monoisotopic (exact) mass is 450 g/mol. The Bertz CT molecular complexity index is 934. The van der Waals surface area contributed by atoms with E-state index in [4.69, 9.17) is 25.8 Å². The van der Waals surface area contributed by atoms with Crippen LogP contribution in [0.4, 0.5) is 0 Å². The van der Waals surface area contributed by atoms with Crippen LogP contribution in [0.1, 0.15) is 30.5 Å². The van der Waals surface area contributed by atoms with Crippen molar-refractivity contribution in [2.75, 3.05) is 13.2 Å². The number of halogens is 1. The fourth-order valence-electron chi connectivity index (χ4n) is 4.32. The van der Waals surface area contributed by atoms with Crippen LogP contribution in [0.15, 0.2) is 42.5 Å². The fraction of sp³-hybridized carbons (Fsp3) is 0.478. The first-order chi connectivity index (χ1) is 14.7. The zero-order chi connectivity index (χ0) is 22.4. The van der Waals surface area contributed by atoms with Crippen LogP contribution < -0.4 is 4.74 Å². The van der Waals surface area contributed by atoms with Crippen molar-refractivity contribution < 1.29 is 34.6 Å². The molecule has 8 heteroatoms. The van der Waals surface area contributed by atoms with Gasteiger partial charge in [0.25, 0.3) is 0 Å². The molecule has 0 amide bonds. The standard InChI is InChI=1S/C23H27ClO7/c1-3-29-17-7-4-14(5-8-17)10-15-11-16(6-9-18(15)24)23-21(28)19(26)20(27)22(31-23,12-30-23)13(2)25/h4-9,11,13,19-21,25-28H,3,10,12H2,1-2H3/t13?,19-,20+,21+,22+,23-/m0/s1. The second-order valence-corrected chi connectivity index (χ2v) is 8.54. The summed E-state index contributed by atoms with van der Waals surface area (Å²) < 4.78 is 17.3. The smallest absolute Gasteiger partial charge is 0.225 e. The summed E-state index contributed by atoms with van der Waals surface area (Å²) in [7, 11) is 0. The van der Waals surface area contributed by atoms with Gasteiger partial charge >= 0.3 is 0 Å². The summed E-state index contributed by atoms with van der Waals surface area (Å²) in [4.78, 5) is 0. The lowest BCUT2D eigenvalue weighted by atomic mass is 9.81. The van der Waals surface area contributed by atoms with E-state index in [9.17, 15) is 20.4 Å². The van der Waals surface area contributed by atoms with Crippen LogP contribution in [0.3, 0.4) is 0 Å². The lowest BCUT2D eigenvalue weighted by molar-refractivity contribution is -0.336. The number of aliphatic hydroxyl groups excluding tert-OH is 4. The maximum atomic E-state index is 10.8. The van der Waals surface area contributed by atoms with E-state index >= 15 is 0 Å². The van der Waals surface area contributed by atoms with Gasteiger partial charge in [0.15, 0.2) is 0 Å². The normalized spacial score (nSPS) is 33.3. The largest absolute Gasteiger partial charge is 0.494 e. The highest BCUT2D eigenvalue weighted by Crippen LogP contribution is 2.51. The van der Waals surface area contributed by atoms with E-state index in [0.717, 1.165) is 16.9 Å². The molecule has 2 aliphatic heterocycles. The number of ether oxygens (including phenoxy) is 3. The van der Waals surface area contributed by atoms with Crippen LogP contribution in [0.2, 0.25) is 5.02 Å². The third-order valence-electron chi connectivity index (χ3n) is 6.18. The maximum Gasteiger partial charge on any atom is 0.225 e. The van der Waals surface area contributed by atoms with Gasteiger partial charge in [-0.3, -0.25) is 0 Å². The van der Waals surface area contributed by atoms with Crippen molar-refractivity contribution in [3.63, 3.8) is 0 Å². The lowest BCUT2D eigenvalue weighted by Crippen LogP contribution is -2.67. The minimum Gasteiger partial charge on any atom is -0.494 e. The summed E-state index contributed by atoms with van der Waals surface area (Å²) in [5.41, 5.74) is 0.672. The highest BCUT2D eigenvalue weighted by molar-refractivity contribution is 6.31. The minimum absolute atomic E-state index is 0.184. The Kier molecular flexibility index (Phi) is 6.04. The molecule has 2 aromatic rings. The molecule has 2 fully saturated rings. The summed E-state index contributed by atoms with van der Waals surface area (Å²) in [5, 5.41) is 42.5. The van der Waals surface area contributed by atoms with E-state index in [2.05, 4.69) is 0 Å². The fourth-order valence-corrected chi connectivity index (χ4v) is 4.51. The molecule has 31 heavy (non-hydrogen) atoms. The molecule has 1 unspecified atom stereocenters. The zero-order valence-corrected chi connectivity index (χ0v) is 18.1. The van der Waals surface area contributed by atoms with Crippen molar-refractivity contribution in [3.8, 4) is 5.75 Å². The molecular formula is C23H27ClO7. The van der Waals surface area contributed by atoms with Gasteiger partial charge in [-0.2, -0.15) is 0 Å². The number of rotatable bonds is 6. The van der Waals surface area contributed by atoms with Gasteiger partial charge in [0.05, 0.1) is 19.3 Å². The second-order valence-electron chi connectivity index (χ2n) is 8.13. The molecule has 7 nitrogen and oxygen atoms in total. The number of benzene rings is 2. The maximum absolute atomic E-state index is 10.8. The highest BCUT2D eigenvalue weighted by Gasteiger charge is 2.68. The van der Waals surface area contributed by atoms with Gasteiger partial charge < -0.3 is 34.6 Å². The van der Waals surface area contributed by atoms with Gasteiger partial charge in [-0.1, -0.05) is 29.8 Å². The van der Waals surface area contributed by atoms with Gasteiger partial charge in [0.1, 0.15) is 29.7 Å². The van der Waals surface area contributed by atoms with Crippen LogP contribution in [-0.4, -0.2) is 63.7 Å². The third-order valence-corrected chi connectivity index (χ3v) is 6.54. The molecule has 4 rings (SSSR count). The van der Waals surface area contributed by atoms with Crippen LogP contribution in [-0.2, 0) is 21.7 Å². The molecule has 0 spiro atoms. The molecule has 168 valence electrons. The molecule has 0 aromatic heterocycles. The van der Waals surface area contributed by atoms with Crippen molar-refractivity contribution in [2.24, 2.45) is 0 Å². The van der Waals surface area contributed by atoms with Crippen molar-refractivity contribution in [1.29, 1.82) is 0 Å². The molecule has 2 bridgehead atoms. The van der Waals surface area contributed by atoms with E-state index in [0.29, 0.717) is 23.6 Å². The number of aliphatic hydroxyl groups is 4. The molecule has 6 atom stereocenters. The van der Waals surface area contributed by atoms with Crippen molar-refractivity contribution in [3.05, 3.63) is 64.2 Å². The topological polar surface area (TPSA) is 109 Å². The van der Waals surface area contributed by atoms with Crippen LogP contribution in [0.25, 0.3) is 0 Å². The summed E-state index contributed by atoms with van der Waals surface area (Å²) in [5.74, 6) is -0.946. The first kappa shape index (κ1) is 22.5. The van der Waals surface area contributed by atoms with E-state index in [1.807, 2.05) is 31.2 Å². The van der Waals surface area contributed by atoms with Crippen LogP contribution in [0, 0.1) is 0 Å². The van der Waals surface area contributed by atoms with Crippen molar-refractivity contribution in [1.82, 2.24) is 0 Å². The Hall–Kier alpha value is -1.71. The van der Waals surface area contributed by atoms with Gasteiger partial charge in [-0.25, -0.2) is 0 Å². The summed E-state index contributed by atoms with van der Waals surface area (Å²) in [6, 6.07) is 12.7. The van der Waals surface area contributed by atoms with Crippen molar-refractivity contribution in [2.45, 2.75) is 56.1 Å². The first-order valence-corrected chi connectivity index (χ1v) is 10.7. The molecule has 2 saturated heterocycles. The number of hydrogen-bond donors (Lipinski definition) is 4. The quantitative estimate of drug-likeness (QED) is 0.531. The molecule has 0 radical (unpaired) electrons. The average Bonchev–Trinajstić information content (AvgIpc) is 3.15. The van der Waals surface area contributed by atoms with Gasteiger partial charge in [-0.15, -0.1) is 0 Å². The Morgan fingerprint density at radius 2 is 1.84 bits per heavy atom. The Balaban J connectivity index is 1.67. The average molecular weight is 451 g/mol. The SMILES string of the molecule is CCOc1ccc(Cc2cc([C@]34OC[C@](C(C)O)(O3)[C@H](O)[C@H](O)[C@H]4O)ccc2Cl)cc1. The summed E-state index contributed by atoms with van der Waals surface area (Å²) >= 11 is 6.43. The summed E-state index contributed by atoms with van der Waals surface area (Å²) in [6.07, 6.45) is -5.25. The molecule has 2 heterocycles. The molecule has 0 saturated carbocycles. The van der Waals surface area contributed by atoms with E-state index in [-0.39, 0.29) is 6.61 Å². The molecule has 4 N–H and O–H groups in total. The number of fused-ring (bicyclic) bond motifs is 2. The first-order valence-electron chi connectivity index (χ1n) is 10.3. The van der Waals surface area contributed by atoms with E-state index in [1.54, 1.807) is 18.2 Å². The lowest BCUT2D eigenvalue weighted by Gasteiger charge is -2.47. The van der Waals surface area contributed by atoms with Crippen LogP contribution >= 0.6 is 11.6 Å². The molecule has 0 aliphatic carbocycles. The minimum atomic E-state index is -1.73. The van der Waals surface area contributed by atoms with Gasteiger partial charge in [-0.05, 0) is 55.7 Å². The zero-order valence-electron chi connectivity index (χ0n) is 17.4.